The maximum Gasteiger partial charge on any atom is 0.416 e. The number of amides is 2. The number of nitrogens with zero attached hydrogens (tertiary/aromatic N) is 1. The molecule has 1 heterocycles. The maximum atomic E-state index is 13.8. The fraction of sp³-hybridized carbons (Fsp3) is 0.111. The van der Waals surface area contributed by atoms with E-state index in [1.807, 2.05) is 0 Å². The van der Waals surface area contributed by atoms with Gasteiger partial charge in [-0.2, -0.15) is 13.2 Å². The zero-order valence-electron chi connectivity index (χ0n) is 19.0. The van der Waals surface area contributed by atoms with Gasteiger partial charge in [0.25, 0.3) is 0 Å². The normalized spacial score (nSPS) is 13.0. The van der Waals surface area contributed by atoms with Gasteiger partial charge in [0.2, 0.25) is 0 Å². The minimum Gasteiger partial charge on any atom is -0.322 e. The molecule has 0 aliphatic rings. The topological polar surface area (TPSA) is 54.0 Å². The first-order chi connectivity index (χ1) is 17.5. The first-order valence-electron chi connectivity index (χ1n) is 10.9. The monoisotopic (exact) mass is 515 g/mol. The van der Waals surface area contributed by atoms with E-state index in [0.29, 0.717) is 11.6 Å². The van der Waals surface area contributed by atoms with Crippen molar-refractivity contribution in [2.45, 2.75) is 18.1 Å². The summed E-state index contributed by atoms with van der Waals surface area (Å²) in [5, 5.41) is 4.96. The van der Waals surface area contributed by atoms with Gasteiger partial charge in [-0.05, 0) is 47.5 Å². The van der Waals surface area contributed by atoms with E-state index in [2.05, 4.69) is 15.6 Å². The Morgan fingerprint density at radius 3 is 2.05 bits per heavy atom. The van der Waals surface area contributed by atoms with Gasteiger partial charge in [-0.3, -0.25) is 4.98 Å². The van der Waals surface area contributed by atoms with Crippen LogP contribution in [0.15, 0.2) is 91.1 Å². The predicted octanol–water partition coefficient (Wildman–Crippen LogP) is 6.83. The number of halogens is 6. The summed E-state index contributed by atoms with van der Waals surface area (Å²) in [4.78, 5) is 17.2. The van der Waals surface area contributed by atoms with Gasteiger partial charge in [-0.1, -0.05) is 42.5 Å². The Balaban J connectivity index is 1.87. The zero-order valence-corrected chi connectivity index (χ0v) is 19.0. The number of aromatic nitrogens is 1. The van der Waals surface area contributed by atoms with Crippen LogP contribution in [0.5, 0.6) is 0 Å². The lowest BCUT2D eigenvalue weighted by molar-refractivity contribution is -0.137. The summed E-state index contributed by atoms with van der Waals surface area (Å²) >= 11 is 0. The third-order valence-electron chi connectivity index (χ3n) is 5.61. The standard InChI is InChI=1S/C27H19F6N3O/c28-20-9-10-24(34-16-20)26(15-17-5-2-1-3-6-17,18-7-4-8-19(11-18)27(31,32)33)36-25(37)35-23-13-21(29)12-22(30)14-23/h1-14,16H,15H2,(H2,35,36,37). The maximum absolute atomic E-state index is 13.8. The molecule has 4 aromatic rings. The number of pyridine rings is 1. The first kappa shape index (κ1) is 25.7. The fourth-order valence-electron chi connectivity index (χ4n) is 3.99. The van der Waals surface area contributed by atoms with Crippen molar-refractivity contribution in [1.29, 1.82) is 0 Å². The van der Waals surface area contributed by atoms with Gasteiger partial charge in [0.1, 0.15) is 23.0 Å². The van der Waals surface area contributed by atoms with Crippen LogP contribution in [-0.4, -0.2) is 11.0 Å². The molecule has 0 radical (unpaired) electrons. The SMILES string of the molecule is O=C(Nc1cc(F)cc(F)c1)NC(Cc1ccccc1)(c1cccc(C(F)(F)F)c1)c1ccc(F)cn1. The molecule has 3 aromatic carbocycles. The Hall–Kier alpha value is -4.34. The second-order valence-electron chi connectivity index (χ2n) is 8.25. The molecule has 1 unspecified atom stereocenters. The Bertz CT molecular complexity index is 1370. The number of nitrogens with one attached hydrogen (secondary N) is 2. The van der Waals surface area contributed by atoms with Crippen LogP contribution in [0, 0.1) is 17.5 Å². The molecule has 1 atom stereocenters. The number of alkyl halides is 3. The van der Waals surface area contributed by atoms with Crippen molar-refractivity contribution in [3.05, 3.63) is 131 Å². The lowest BCUT2D eigenvalue weighted by atomic mass is 9.80. The highest BCUT2D eigenvalue weighted by molar-refractivity contribution is 5.90. The van der Waals surface area contributed by atoms with E-state index in [1.165, 1.54) is 18.2 Å². The van der Waals surface area contributed by atoms with Crippen LogP contribution in [0.1, 0.15) is 22.4 Å². The van der Waals surface area contributed by atoms with Crippen LogP contribution in [0.25, 0.3) is 0 Å². The highest BCUT2D eigenvalue weighted by atomic mass is 19.4. The summed E-state index contributed by atoms with van der Waals surface area (Å²) in [6, 6.07) is 16.6. The van der Waals surface area contributed by atoms with Crippen LogP contribution in [0.3, 0.4) is 0 Å². The van der Waals surface area contributed by atoms with Crippen molar-refractivity contribution in [2.24, 2.45) is 0 Å². The van der Waals surface area contributed by atoms with E-state index in [0.717, 1.165) is 36.5 Å². The summed E-state index contributed by atoms with van der Waals surface area (Å²) in [7, 11) is 0. The summed E-state index contributed by atoms with van der Waals surface area (Å²) in [5.41, 5.74) is -2.28. The number of hydrogen-bond donors (Lipinski definition) is 2. The lowest BCUT2D eigenvalue weighted by Gasteiger charge is -2.35. The Morgan fingerprint density at radius 2 is 1.43 bits per heavy atom. The second-order valence-corrected chi connectivity index (χ2v) is 8.25. The summed E-state index contributed by atoms with van der Waals surface area (Å²) in [5.74, 6) is -2.58. The van der Waals surface area contributed by atoms with E-state index in [4.69, 9.17) is 0 Å². The second kappa shape index (κ2) is 10.3. The Labute approximate surface area is 208 Å². The number of rotatable bonds is 6. The Morgan fingerprint density at radius 1 is 0.757 bits per heavy atom. The van der Waals surface area contributed by atoms with Crippen LogP contribution in [0.4, 0.5) is 36.8 Å². The van der Waals surface area contributed by atoms with Crippen LogP contribution < -0.4 is 10.6 Å². The average molecular weight is 515 g/mol. The third kappa shape index (κ3) is 6.08. The fourth-order valence-corrected chi connectivity index (χ4v) is 3.99. The lowest BCUT2D eigenvalue weighted by Crippen LogP contribution is -2.50. The number of hydrogen-bond acceptors (Lipinski definition) is 2. The van der Waals surface area contributed by atoms with Gasteiger partial charge in [0.05, 0.1) is 17.5 Å². The predicted molar refractivity (Wildman–Crippen MR) is 125 cm³/mol. The van der Waals surface area contributed by atoms with E-state index >= 15 is 0 Å². The minimum atomic E-state index is -4.69. The van der Waals surface area contributed by atoms with Gasteiger partial charge >= 0.3 is 12.2 Å². The number of carbonyl (C=O) groups excluding carboxylic acids is 1. The molecule has 0 aliphatic carbocycles. The van der Waals surface area contributed by atoms with Crippen molar-refractivity contribution >= 4 is 11.7 Å². The molecule has 0 saturated carbocycles. The summed E-state index contributed by atoms with van der Waals surface area (Å²) in [6.45, 7) is 0. The van der Waals surface area contributed by atoms with E-state index in [9.17, 15) is 31.1 Å². The van der Waals surface area contributed by atoms with Crippen LogP contribution >= 0.6 is 0 Å². The molecule has 10 heteroatoms. The minimum absolute atomic E-state index is 0.00543. The van der Waals surface area contributed by atoms with Crippen molar-refractivity contribution in [2.75, 3.05) is 5.32 Å². The largest absolute Gasteiger partial charge is 0.416 e. The summed E-state index contributed by atoms with van der Waals surface area (Å²) < 4.78 is 82.0. The molecule has 190 valence electrons. The van der Waals surface area contributed by atoms with Crippen LogP contribution in [0.2, 0.25) is 0 Å². The number of carbonyl (C=O) groups is 1. The third-order valence-corrected chi connectivity index (χ3v) is 5.61. The van der Waals surface area contributed by atoms with E-state index in [-0.39, 0.29) is 23.4 Å². The number of urea groups is 1. The molecule has 0 spiro atoms. The number of anilines is 1. The Kier molecular flexibility index (Phi) is 7.19. The van der Waals surface area contributed by atoms with Crippen molar-refractivity contribution < 1.29 is 31.1 Å². The molecule has 1 aromatic heterocycles. The molecule has 2 N–H and O–H groups in total. The molecule has 0 aliphatic heterocycles. The van der Waals surface area contributed by atoms with E-state index in [1.54, 1.807) is 30.3 Å². The van der Waals surface area contributed by atoms with E-state index < -0.39 is 40.8 Å². The average Bonchev–Trinajstić information content (AvgIpc) is 2.83. The van der Waals surface area contributed by atoms with Gasteiger partial charge in [0, 0.05) is 18.2 Å². The molecule has 0 fully saturated rings. The first-order valence-corrected chi connectivity index (χ1v) is 10.9. The number of benzene rings is 3. The highest BCUT2D eigenvalue weighted by Gasteiger charge is 2.40. The quantitative estimate of drug-likeness (QED) is 0.277. The molecule has 0 saturated heterocycles. The van der Waals surface area contributed by atoms with Gasteiger partial charge in [0.15, 0.2) is 0 Å². The highest BCUT2D eigenvalue weighted by Crippen LogP contribution is 2.37. The van der Waals surface area contributed by atoms with Gasteiger partial charge in [-0.25, -0.2) is 18.0 Å². The molecular formula is C27H19F6N3O. The smallest absolute Gasteiger partial charge is 0.322 e. The van der Waals surface area contributed by atoms with Gasteiger partial charge in [-0.15, -0.1) is 0 Å². The molecule has 0 bridgehead atoms. The molecular weight excluding hydrogens is 496 g/mol. The van der Waals surface area contributed by atoms with Crippen LogP contribution in [-0.2, 0) is 18.1 Å². The van der Waals surface area contributed by atoms with Crippen molar-refractivity contribution in [1.82, 2.24) is 10.3 Å². The zero-order chi connectivity index (χ0) is 26.6. The molecule has 2 amide bonds. The molecule has 4 rings (SSSR count). The summed E-state index contributed by atoms with van der Waals surface area (Å²) in [6.07, 6.45) is -3.89. The van der Waals surface area contributed by atoms with Gasteiger partial charge < -0.3 is 10.6 Å². The van der Waals surface area contributed by atoms with Crippen molar-refractivity contribution in [3.63, 3.8) is 0 Å². The van der Waals surface area contributed by atoms with Crippen molar-refractivity contribution in [3.8, 4) is 0 Å². The molecule has 37 heavy (non-hydrogen) atoms. The molecule has 4 nitrogen and oxygen atoms in total.